The number of amides is 1. The van der Waals surface area contributed by atoms with Gasteiger partial charge in [-0.1, -0.05) is 0 Å². The summed E-state index contributed by atoms with van der Waals surface area (Å²) in [5, 5.41) is 5.95. The largest absolute Gasteiger partial charge is 0.433 e. The molecular weight excluding hydrogens is 271 g/mol. The van der Waals surface area contributed by atoms with E-state index in [2.05, 4.69) is 15.6 Å². The molecule has 2 heterocycles. The van der Waals surface area contributed by atoms with Gasteiger partial charge in [-0.25, -0.2) is 4.98 Å². The average molecular weight is 287 g/mol. The number of hydrogen-bond donors (Lipinski definition) is 2. The molecule has 110 valence electrons. The molecule has 0 saturated carbocycles. The van der Waals surface area contributed by atoms with Gasteiger partial charge in [0.2, 0.25) is 0 Å². The first-order valence-corrected chi connectivity index (χ1v) is 6.44. The van der Waals surface area contributed by atoms with Gasteiger partial charge in [-0.15, -0.1) is 0 Å². The molecule has 1 saturated heterocycles. The van der Waals surface area contributed by atoms with Gasteiger partial charge in [0.05, 0.1) is 11.3 Å². The number of halogens is 3. The summed E-state index contributed by atoms with van der Waals surface area (Å²) in [5.74, 6) is -0.391. The number of alkyl halides is 3. The first kappa shape index (κ1) is 14.8. The average Bonchev–Trinajstić information content (AvgIpc) is 2.87. The van der Waals surface area contributed by atoms with Crippen molar-refractivity contribution in [2.75, 3.05) is 13.1 Å². The zero-order valence-corrected chi connectivity index (χ0v) is 11.0. The van der Waals surface area contributed by atoms with Crippen LogP contribution in [0.1, 0.15) is 34.6 Å². The maximum Gasteiger partial charge on any atom is 0.433 e. The fourth-order valence-electron chi connectivity index (χ4n) is 2.20. The van der Waals surface area contributed by atoms with Gasteiger partial charge >= 0.3 is 6.18 Å². The van der Waals surface area contributed by atoms with Crippen molar-refractivity contribution in [3.63, 3.8) is 0 Å². The van der Waals surface area contributed by atoms with Crippen LogP contribution in [0.4, 0.5) is 13.2 Å². The van der Waals surface area contributed by atoms with E-state index in [1.807, 2.05) is 0 Å². The van der Waals surface area contributed by atoms with E-state index < -0.39 is 17.8 Å². The number of aryl methyl sites for hydroxylation is 1. The Kier molecular flexibility index (Phi) is 4.27. The van der Waals surface area contributed by atoms with Gasteiger partial charge in [-0.05, 0) is 38.4 Å². The molecule has 1 aromatic heterocycles. The molecule has 7 heteroatoms. The third-order valence-electron chi connectivity index (χ3n) is 3.29. The van der Waals surface area contributed by atoms with Gasteiger partial charge in [-0.3, -0.25) is 4.79 Å². The number of aromatic nitrogens is 1. The van der Waals surface area contributed by atoms with Crippen LogP contribution in [0.3, 0.4) is 0 Å². The second-order valence-corrected chi connectivity index (χ2v) is 4.83. The summed E-state index contributed by atoms with van der Waals surface area (Å²) in [6.45, 7) is 2.80. The zero-order chi connectivity index (χ0) is 14.8. The number of rotatable bonds is 3. The molecule has 1 aliphatic rings. The van der Waals surface area contributed by atoms with Crippen LogP contribution >= 0.6 is 0 Å². The molecule has 0 bridgehead atoms. The number of pyridine rings is 1. The van der Waals surface area contributed by atoms with E-state index in [9.17, 15) is 18.0 Å². The van der Waals surface area contributed by atoms with E-state index >= 15 is 0 Å². The summed E-state index contributed by atoms with van der Waals surface area (Å²) in [6, 6.07) is 2.24. The molecule has 4 nitrogen and oxygen atoms in total. The molecule has 1 aromatic rings. The summed E-state index contributed by atoms with van der Waals surface area (Å²) in [4.78, 5) is 15.4. The fraction of sp³-hybridized carbons (Fsp3) is 0.538. The topological polar surface area (TPSA) is 54.0 Å². The van der Waals surface area contributed by atoms with Crippen LogP contribution in [0.2, 0.25) is 0 Å². The van der Waals surface area contributed by atoms with Crippen molar-refractivity contribution in [1.29, 1.82) is 0 Å². The highest BCUT2D eigenvalue weighted by atomic mass is 19.4. The number of hydrogen-bond acceptors (Lipinski definition) is 3. The van der Waals surface area contributed by atoms with Crippen LogP contribution in [-0.2, 0) is 6.18 Å². The number of carbonyl (C=O) groups is 1. The Morgan fingerprint density at radius 1 is 1.50 bits per heavy atom. The Morgan fingerprint density at radius 3 is 2.80 bits per heavy atom. The molecule has 0 aliphatic carbocycles. The van der Waals surface area contributed by atoms with Crippen LogP contribution in [0.25, 0.3) is 0 Å². The summed E-state index contributed by atoms with van der Waals surface area (Å²) in [5.41, 5.74) is -0.725. The quantitative estimate of drug-likeness (QED) is 0.892. The molecule has 2 rings (SSSR count). The molecule has 0 radical (unpaired) electrons. The number of nitrogens with one attached hydrogen (secondary N) is 2. The van der Waals surface area contributed by atoms with Crippen molar-refractivity contribution in [3.8, 4) is 0 Å². The van der Waals surface area contributed by atoms with Crippen molar-refractivity contribution < 1.29 is 18.0 Å². The van der Waals surface area contributed by atoms with Crippen molar-refractivity contribution in [3.05, 3.63) is 29.1 Å². The lowest BCUT2D eigenvalue weighted by Gasteiger charge is -2.13. The molecule has 1 amide bonds. The molecule has 1 unspecified atom stereocenters. The Morgan fingerprint density at radius 2 is 2.25 bits per heavy atom. The minimum atomic E-state index is -4.49. The van der Waals surface area contributed by atoms with E-state index in [4.69, 9.17) is 0 Å². The molecule has 1 aliphatic heterocycles. The van der Waals surface area contributed by atoms with Crippen LogP contribution in [0.15, 0.2) is 12.1 Å². The molecule has 1 atom stereocenters. The number of carbonyl (C=O) groups excluding carboxylic acids is 1. The maximum atomic E-state index is 12.5. The van der Waals surface area contributed by atoms with Gasteiger partial charge in [-0.2, -0.15) is 13.2 Å². The van der Waals surface area contributed by atoms with Gasteiger partial charge in [0.1, 0.15) is 5.69 Å². The van der Waals surface area contributed by atoms with Crippen LogP contribution < -0.4 is 10.6 Å². The lowest BCUT2D eigenvalue weighted by Crippen LogP contribution is -2.37. The van der Waals surface area contributed by atoms with E-state index in [0.717, 1.165) is 25.5 Å². The lowest BCUT2D eigenvalue weighted by molar-refractivity contribution is -0.141. The van der Waals surface area contributed by atoms with Crippen molar-refractivity contribution in [2.24, 2.45) is 0 Å². The van der Waals surface area contributed by atoms with Crippen LogP contribution in [0.5, 0.6) is 0 Å². The predicted molar refractivity (Wildman–Crippen MR) is 67.3 cm³/mol. The Bertz CT molecular complexity index is 496. The summed E-state index contributed by atoms with van der Waals surface area (Å²) in [6.07, 6.45) is -2.43. The highest BCUT2D eigenvalue weighted by Gasteiger charge is 2.33. The molecule has 2 N–H and O–H groups in total. The maximum absolute atomic E-state index is 12.5. The third-order valence-corrected chi connectivity index (χ3v) is 3.29. The fourth-order valence-corrected chi connectivity index (χ4v) is 2.20. The Labute approximate surface area is 114 Å². The Balaban J connectivity index is 2.02. The van der Waals surface area contributed by atoms with Crippen molar-refractivity contribution in [1.82, 2.24) is 15.6 Å². The molecule has 20 heavy (non-hydrogen) atoms. The summed E-state index contributed by atoms with van der Waals surface area (Å²) in [7, 11) is 0. The third kappa shape index (κ3) is 3.47. The zero-order valence-electron chi connectivity index (χ0n) is 11.0. The lowest BCUT2D eigenvalue weighted by atomic mass is 10.1. The van der Waals surface area contributed by atoms with E-state index in [1.165, 1.54) is 13.0 Å². The summed E-state index contributed by atoms with van der Waals surface area (Å²) >= 11 is 0. The van der Waals surface area contributed by atoms with E-state index in [-0.39, 0.29) is 17.3 Å². The molecular formula is C13H16F3N3O. The second kappa shape index (κ2) is 5.78. The standard InChI is InChI=1S/C13H16F3N3O/c1-8-10(4-5-11(19-8)13(14,15)16)12(20)18-7-9-3-2-6-17-9/h4-5,9,17H,2-3,6-7H2,1H3,(H,18,20). The molecule has 1 fully saturated rings. The van der Waals surface area contributed by atoms with Crippen molar-refractivity contribution in [2.45, 2.75) is 32.0 Å². The van der Waals surface area contributed by atoms with E-state index in [0.29, 0.717) is 6.54 Å². The highest BCUT2D eigenvalue weighted by Crippen LogP contribution is 2.28. The normalized spacial score (nSPS) is 19.1. The molecule has 0 aromatic carbocycles. The van der Waals surface area contributed by atoms with Gasteiger partial charge in [0, 0.05) is 12.6 Å². The van der Waals surface area contributed by atoms with Gasteiger partial charge in [0.15, 0.2) is 0 Å². The van der Waals surface area contributed by atoms with E-state index in [1.54, 1.807) is 0 Å². The highest BCUT2D eigenvalue weighted by molar-refractivity contribution is 5.95. The molecule has 0 spiro atoms. The first-order valence-electron chi connectivity index (χ1n) is 6.44. The minimum absolute atomic E-state index is 0.0803. The smallest absolute Gasteiger partial charge is 0.350 e. The van der Waals surface area contributed by atoms with Crippen molar-refractivity contribution >= 4 is 5.91 Å². The van der Waals surface area contributed by atoms with Gasteiger partial charge < -0.3 is 10.6 Å². The monoisotopic (exact) mass is 287 g/mol. The first-order chi connectivity index (χ1) is 9.38. The predicted octanol–water partition coefficient (Wildman–Crippen LogP) is 1.89. The SMILES string of the molecule is Cc1nc(C(F)(F)F)ccc1C(=O)NCC1CCCN1. The second-order valence-electron chi connectivity index (χ2n) is 4.83. The number of nitrogens with zero attached hydrogens (tertiary/aromatic N) is 1. The minimum Gasteiger partial charge on any atom is -0.350 e. The van der Waals surface area contributed by atoms with Crippen LogP contribution in [-0.4, -0.2) is 30.0 Å². The van der Waals surface area contributed by atoms with Gasteiger partial charge in [0.25, 0.3) is 5.91 Å². The Hall–Kier alpha value is -1.63. The summed E-state index contributed by atoms with van der Waals surface area (Å²) < 4.78 is 37.4. The van der Waals surface area contributed by atoms with Crippen LogP contribution in [0, 0.1) is 6.92 Å².